The van der Waals surface area contributed by atoms with Crippen LogP contribution >= 0.6 is 24.0 Å². The maximum atomic E-state index is 5.72. The van der Waals surface area contributed by atoms with Gasteiger partial charge in [0, 0.05) is 18.7 Å². The van der Waals surface area contributed by atoms with E-state index in [1.165, 1.54) is 0 Å². The van der Waals surface area contributed by atoms with Crippen LogP contribution in [0.4, 0.5) is 0 Å². The van der Waals surface area contributed by atoms with Crippen molar-refractivity contribution in [3.05, 3.63) is 30.4 Å². The van der Waals surface area contributed by atoms with Crippen LogP contribution in [0.15, 0.2) is 35.3 Å². The normalized spacial score (nSPS) is 16.0. The van der Waals surface area contributed by atoms with Gasteiger partial charge in [0.05, 0.1) is 6.54 Å². The van der Waals surface area contributed by atoms with Crippen LogP contribution in [0.2, 0.25) is 0 Å². The zero-order valence-electron chi connectivity index (χ0n) is 13.8. The minimum Gasteiger partial charge on any atom is -0.492 e. The van der Waals surface area contributed by atoms with Gasteiger partial charge in [-0.1, -0.05) is 12.2 Å². The predicted octanol–water partition coefficient (Wildman–Crippen LogP) is 2.69. The van der Waals surface area contributed by atoms with Gasteiger partial charge in [-0.2, -0.15) is 0 Å². The quantitative estimate of drug-likeness (QED) is 0.232. The summed E-state index contributed by atoms with van der Waals surface area (Å²) >= 11 is 0. The highest BCUT2D eigenvalue weighted by molar-refractivity contribution is 14.0. The Bertz CT molecular complexity index is 584. The van der Waals surface area contributed by atoms with Crippen LogP contribution in [-0.2, 0) is 0 Å². The Labute approximate surface area is 159 Å². The minimum atomic E-state index is 0. The second-order valence-corrected chi connectivity index (χ2v) is 5.41. The number of guanidine groups is 1. The molecule has 0 saturated heterocycles. The van der Waals surface area contributed by atoms with Crippen molar-refractivity contribution in [2.75, 3.05) is 26.5 Å². The van der Waals surface area contributed by atoms with Gasteiger partial charge >= 0.3 is 0 Å². The highest BCUT2D eigenvalue weighted by Crippen LogP contribution is 2.34. The van der Waals surface area contributed by atoms with E-state index in [0.29, 0.717) is 19.2 Å². The van der Waals surface area contributed by atoms with Crippen molar-refractivity contribution in [2.45, 2.75) is 25.8 Å². The smallest absolute Gasteiger partial charge is 0.231 e. The molecule has 0 bridgehead atoms. The van der Waals surface area contributed by atoms with Crippen LogP contribution in [0.1, 0.15) is 19.8 Å². The molecule has 2 N–H and O–H groups in total. The molecule has 1 aliphatic heterocycles. The molecule has 132 valence electrons. The van der Waals surface area contributed by atoms with E-state index in [1.54, 1.807) is 0 Å². The predicted molar refractivity (Wildman–Crippen MR) is 105 cm³/mol. The number of rotatable bonds is 6. The average molecular weight is 445 g/mol. The van der Waals surface area contributed by atoms with Crippen LogP contribution in [0, 0.1) is 0 Å². The largest absolute Gasteiger partial charge is 0.492 e. The van der Waals surface area contributed by atoms with Crippen LogP contribution in [0.3, 0.4) is 0 Å². The minimum absolute atomic E-state index is 0. The van der Waals surface area contributed by atoms with Gasteiger partial charge in [0.15, 0.2) is 17.5 Å². The summed E-state index contributed by atoms with van der Waals surface area (Å²) in [6, 6.07) is 6.03. The fourth-order valence-corrected chi connectivity index (χ4v) is 2.54. The van der Waals surface area contributed by atoms with Crippen LogP contribution in [-0.4, -0.2) is 38.5 Å². The lowest BCUT2D eigenvalue weighted by molar-refractivity contribution is 0.174. The molecule has 0 amide bonds. The molecule has 0 aromatic heterocycles. The highest BCUT2D eigenvalue weighted by Gasteiger charge is 2.14. The highest BCUT2D eigenvalue weighted by atomic mass is 127. The zero-order chi connectivity index (χ0) is 15.9. The van der Waals surface area contributed by atoms with Crippen LogP contribution < -0.4 is 24.8 Å². The Morgan fingerprint density at radius 1 is 1.25 bits per heavy atom. The van der Waals surface area contributed by atoms with E-state index in [4.69, 9.17) is 14.2 Å². The summed E-state index contributed by atoms with van der Waals surface area (Å²) in [4.78, 5) is 4.55. The summed E-state index contributed by atoms with van der Waals surface area (Å²) < 4.78 is 16.3. The van der Waals surface area contributed by atoms with Crippen molar-refractivity contribution in [3.63, 3.8) is 0 Å². The Morgan fingerprint density at radius 2 is 2.04 bits per heavy atom. The number of halogens is 1. The molecule has 2 aliphatic rings. The monoisotopic (exact) mass is 445 g/mol. The van der Waals surface area contributed by atoms with E-state index in [-0.39, 0.29) is 30.8 Å². The van der Waals surface area contributed by atoms with Gasteiger partial charge in [0.1, 0.15) is 12.4 Å². The van der Waals surface area contributed by atoms with Crippen molar-refractivity contribution in [1.29, 1.82) is 0 Å². The number of aliphatic imine (C=N–C) groups is 1. The zero-order valence-corrected chi connectivity index (χ0v) is 16.1. The molecule has 0 fully saturated rings. The second-order valence-electron chi connectivity index (χ2n) is 5.41. The number of benzene rings is 1. The number of nitrogens with one attached hydrogen (secondary N) is 2. The Morgan fingerprint density at radius 3 is 2.83 bits per heavy atom. The molecule has 0 saturated carbocycles. The molecular weight excluding hydrogens is 421 g/mol. The van der Waals surface area contributed by atoms with Gasteiger partial charge in [-0.05, 0) is 31.9 Å². The van der Waals surface area contributed by atoms with E-state index in [2.05, 4.69) is 34.7 Å². The molecule has 6 nitrogen and oxygen atoms in total. The van der Waals surface area contributed by atoms with Gasteiger partial charge < -0.3 is 24.8 Å². The number of fused-ring (bicyclic) bond motifs is 1. The summed E-state index contributed by atoms with van der Waals surface area (Å²) in [5.41, 5.74) is 0. The molecule has 0 radical (unpaired) electrons. The summed E-state index contributed by atoms with van der Waals surface area (Å²) in [6.45, 7) is 4.28. The first-order valence-electron chi connectivity index (χ1n) is 8.07. The summed E-state index contributed by atoms with van der Waals surface area (Å²) in [5, 5.41) is 6.69. The van der Waals surface area contributed by atoms with Gasteiger partial charge in [-0.25, -0.2) is 4.99 Å². The Kier molecular flexibility index (Phi) is 7.48. The van der Waals surface area contributed by atoms with Crippen molar-refractivity contribution in [1.82, 2.24) is 10.6 Å². The molecule has 3 rings (SSSR count). The maximum Gasteiger partial charge on any atom is 0.231 e. The van der Waals surface area contributed by atoms with E-state index in [0.717, 1.165) is 42.6 Å². The van der Waals surface area contributed by atoms with Crippen molar-refractivity contribution in [2.24, 2.45) is 4.99 Å². The fourth-order valence-electron chi connectivity index (χ4n) is 2.54. The maximum absolute atomic E-state index is 5.72. The van der Waals surface area contributed by atoms with E-state index < -0.39 is 0 Å². The molecule has 24 heavy (non-hydrogen) atoms. The van der Waals surface area contributed by atoms with Crippen molar-refractivity contribution >= 4 is 29.9 Å². The third kappa shape index (κ3) is 5.19. The molecule has 0 unspecified atom stereocenters. The van der Waals surface area contributed by atoms with Gasteiger partial charge in [0.25, 0.3) is 0 Å². The number of ether oxygens (including phenoxy) is 3. The molecule has 1 heterocycles. The Balaban J connectivity index is 0.00000208. The number of hydrogen-bond donors (Lipinski definition) is 2. The average Bonchev–Trinajstić information content (AvgIpc) is 3.22. The van der Waals surface area contributed by atoms with Gasteiger partial charge in [-0.3, -0.25) is 0 Å². The molecule has 0 atom stereocenters. The molecule has 7 heteroatoms. The standard InChI is InChI=1S/C17H23N3O3.HI/c1-2-18-17(20-13-5-3-4-6-13)19-9-10-21-14-7-8-15-16(11-14)23-12-22-15;/h3-4,7-8,11,13H,2,5-6,9-10,12H2,1H3,(H2,18,19,20);1H. The molecule has 1 aromatic carbocycles. The van der Waals surface area contributed by atoms with E-state index in [9.17, 15) is 0 Å². The molecular formula is C17H24IN3O3. The topological polar surface area (TPSA) is 64.1 Å². The third-order valence-corrected chi connectivity index (χ3v) is 3.67. The molecule has 1 aromatic rings. The lowest BCUT2D eigenvalue weighted by Gasteiger charge is -2.16. The Hall–Kier alpha value is -1.64. The third-order valence-electron chi connectivity index (χ3n) is 3.67. The first-order chi connectivity index (χ1) is 11.3. The summed E-state index contributed by atoms with van der Waals surface area (Å²) in [6.07, 6.45) is 6.50. The first-order valence-corrected chi connectivity index (χ1v) is 8.07. The number of nitrogens with zero attached hydrogens (tertiary/aromatic N) is 1. The summed E-state index contributed by atoms with van der Waals surface area (Å²) in [7, 11) is 0. The SMILES string of the molecule is CCNC(=NCCOc1ccc2c(c1)OCO2)NC1CC=CC1.I. The van der Waals surface area contributed by atoms with E-state index in [1.807, 2.05) is 18.2 Å². The second kappa shape index (κ2) is 9.61. The summed E-state index contributed by atoms with van der Waals surface area (Å²) in [5.74, 6) is 3.10. The first kappa shape index (κ1) is 18.7. The fraction of sp³-hybridized carbons (Fsp3) is 0.471. The molecule has 1 aliphatic carbocycles. The van der Waals surface area contributed by atoms with Crippen molar-refractivity contribution < 1.29 is 14.2 Å². The van der Waals surface area contributed by atoms with Crippen LogP contribution in [0.5, 0.6) is 17.2 Å². The van der Waals surface area contributed by atoms with Crippen molar-refractivity contribution in [3.8, 4) is 17.2 Å². The number of hydrogen-bond acceptors (Lipinski definition) is 4. The lowest BCUT2D eigenvalue weighted by Crippen LogP contribution is -2.42. The van der Waals surface area contributed by atoms with Gasteiger partial charge in [0.2, 0.25) is 6.79 Å². The van der Waals surface area contributed by atoms with Gasteiger partial charge in [-0.15, -0.1) is 24.0 Å². The van der Waals surface area contributed by atoms with E-state index >= 15 is 0 Å². The molecule has 0 spiro atoms. The lowest BCUT2D eigenvalue weighted by atomic mass is 10.2. The van der Waals surface area contributed by atoms with Crippen LogP contribution in [0.25, 0.3) is 0 Å².